The van der Waals surface area contributed by atoms with Crippen molar-refractivity contribution in [2.24, 2.45) is 29.6 Å². The lowest BCUT2D eigenvalue weighted by Gasteiger charge is -2.45. The third-order valence-corrected chi connectivity index (χ3v) is 9.41. The smallest absolute Gasteiger partial charge is 0.102 e. The third kappa shape index (κ3) is 5.10. The van der Waals surface area contributed by atoms with Crippen molar-refractivity contribution in [3.05, 3.63) is 77.3 Å². The topological polar surface area (TPSA) is 12.5 Å². The van der Waals surface area contributed by atoms with Crippen LogP contribution in [0.1, 0.15) is 105 Å². The average Bonchev–Trinajstić information content (AvgIpc) is 3.15. The Morgan fingerprint density at radius 1 is 1.00 bits per heavy atom. The van der Waals surface area contributed by atoms with Crippen molar-refractivity contribution in [1.82, 2.24) is 0 Å². The van der Waals surface area contributed by atoms with Crippen molar-refractivity contribution in [3.63, 3.8) is 0 Å². The number of benzene rings is 1. The molecule has 0 radical (unpaired) electrons. The molecule has 2 heteroatoms. The summed E-state index contributed by atoms with van der Waals surface area (Å²) < 4.78 is 6.32. The van der Waals surface area contributed by atoms with Gasteiger partial charge in [-0.3, -0.25) is 0 Å². The molecule has 1 aliphatic heterocycles. The Kier molecular flexibility index (Phi) is 8.46. The van der Waals surface area contributed by atoms with Gasteiger partial charge in [-0.25, -0.2) is 0 Å². The van der Waals surface area contributed by atoms with Gasteiger partial charge >= 0.3 is 0 Å². The number of hydrogen-bond donors (Lipinski definition) is 0. The van der Waals surface area contributed by atoms with Gasteiger partial charge in [-0.15, -0.1) is 0 Å². The monoisotopic (exact) mass is 501 g/mol. The quantitative estimate of drug-likeness (QED) is 0.260. The number of anilines is 1. The highest BCUT2D eigenvalue weighted by molar-refractivity contribution is 5.66. The maximum atomic E-state index is 6.32. The van der Waals surface area contributed by atoms with Gasteiger partial charge < -0.3 is 9.64 Å². The predicted octanol–water partition coefficient (Wildman–Crippen LogP) is 9.77. The summed E-state index contributed by atoms with van der Waals surface area (Å²) in [6.07, 6.45) is 13.7. The molecular weight excluding hydrogens is 450 g/mol. The molecule has 0 N–H and O–H groups in total. The van der Waals surface area contributed by atoms with E-state index >= 15 is 0 Å². The molecule has 2 nitrogen and oxygen atoms in total. The summed E-state index contributed by atoms with van der Waals surface area (Å²) in [5, 5.41) is 0. The summed E-state index contributed by atoms with van der Waals surface area (Å²) >= 11 is 0. The van der Waals surface area contributed by atoms with Crippen LogP contribution in [0.15, 0.2) is 66.2 Å². The molecule has 7 unspecified atom stereocenters. The molecule has 0 bridgehead atoms. The predicted molar refractivity (Wildman–Crippen MR) is 160 cm³/mol. The maximum absolute atomic E-state index is 6.32. The first kappa shape index (κ1) is 27.8. The van der Waals surface area contributed by atoms with Gasteiger partial charge in [-0.05, 0) is 79.4 Å². The fourth-order valence-corrected chi connectivity index (χ4v) is 7.53. The van der Waals surface area contributed by atoms with Crippen LogP contribution in [-0.2, 0) is 4.74 Å². The molecular formula is C35H51NO. The first-order valence-corrected chi connectivity index (χ1v) is 14.9. The Labute approximate surface area is 227 Å². The van der Waals surface area contributed by atoms with E-state index < -0.39 is 0 Å². The second-order valence-corrected chi connectivity index (χ2v) is 12.6. The van der Waals surface area contributed by atoms with Crippen LogP contribution in [0.2, 0.25) is 0 Å². The van der Waals surface area contributed by atoms with Gasteiger partial charge in [0, 0.05) is 23.6 Å². The molecule has 0 aromatic heterocycles. The van der Waals surface area contributed by atoms with Crippen LogP contribution in [-0.4, -0.2) is 12.1 Å². The lowest BCUT2D eigenvalue weighted by Crippen LogP contribution is -2.48. The molecule has 2 aliphatic carbocycles. The Hall–Kier alpha value is -2.22. The average molecular weight is 502 g/mol. The number of nitrogens with zero attached hydrogens (tertiary/aromatic N) is 1. The molecule has 3 aliphatic rings. The number of hydrogen-bond acceptors (Lipinski definition) is 2. The molecule has 1 aromatic rings. The standard InChI is InChI=1S/C35H51NO/c1-11-24(8)32(26(10)37-23(6)7)33-25(9)30-20-19-27-15-12-13-16-31(27)35(30)36(33)34-28(21(2)3)17-14-18-29(34)22(4)5/h13-14,16-22,24-25,27,30-31,33,35H,6,11-12,15H2,1-5,7-10H3/b32-26-. The van der Waals surface area contributed by atoms with E-state index in [2.05, 4.69) is 109 Å². The number of para-hydroxylation sites is 1. The van der Waals surface area contributed by atoms with E-state index in [1.54, 1.807) is 0 Å². The zero-order valence-corrected chi connectivity index (χ0v) is 24.9. The summed E-state index contributed by atoms with van der Waals surface area (Å²) in [5.41, 5.74) is 5.92. The zero-order chi connectivity index (χ0) is 27.0. The largest absolute Gasteiger partial charge is 0.467 e. The van der Waals surface area contributed by atoms with Crippen LogP contribution in [0.5, 0.6) is 0 Å². The van der Waals surface area contributed by atoms with E-state index in [0.717, 1.165) is 17.9 Å². The molecule has 0 amide bonds. The van der Waals surface area contributed by atoms with Crippen LogP contribution in [0.4, 0.5) is 5.69 Å². The highest BCUT2D eigenvalue weighted by atomic mass is 16.5. The molecule has 202 valence electrons. The first-order valence-electron chi connectivity index (χ1n) is 14.9. The molecule has 7 atom stereocenters. The summed E-state index contributed by atoms with van der Waals surface area (Å²) in [7, 11) is 0. The Balaban J connectivity index is 2.03. The van der Waals surface area contributed by atoms with Gasteiger partial charge in [-0.1, -0.05) is 97.5 Å². The second kappa shape index (κ2) is 11.3. The first-order chi connectivity index (χ1) is 17.6. The minimum absolute atomic E-state index is 0.292. The van der Waals surface area contributed by atoms with Gasteiger partial charge in [0.25, 0.3) is 0 Å². The number of fused-ring (bicyclic) bond motifs is 3. The van der Waals surface area contributed by atoms with Crippen molar-refractivity contribution in [1.29, 1.82) is 0 Å². The van der Waals surface area contributed by atoms with E-state index in [0.29, 0.717) is 53.5 Å². The van der Waals surface area contributed by atoms with Crippen LogP contribution >= 0.6 is 0 Å². The van der Waals surface area contributed by atoms with Crippen LogP contribution < -0.4 is 4.90 Å². The number of ether oxygens (including phenoxy) is 1. The van der Waals surface area contributed by atoms with Gasteiger partial charge in [0.1, 0.15) is 5.76 Å². The number of rotatable bonds is 8. The fraction of sp³-hybridized carbons (Fsp3) is 0.600. The molecule has 0 spiro atoms. The van der Waals surface area contributed by atoms with Gasteiger partial charge in [0.15, 0.2) is 0 Å². The van der Waals surface area contributed by atoms with E-state index in [-0.39, 0.29) is 0 Å². The molecule has 37 heavy (non-hydrogen) atoms. The van der Waals surface area contributed by atoms with E-state index in [1.807, 2.05) is 6.92 Å². The van der Waals surface area contributed by atoms with Gasteiger partial charge in [-0.2, -0.15) is 0 Å². The molecule has 1 heterocycles. The summed E-state index contributed by atoms with van der Waals surface area (Å²) in [4.78, 5) is 2.92. The van der Waals surface area contributed by atoms with Crippen LogP contribution in [0.3, 0.4) is 0 Å². The Morgan fingerprint density at radius 3 is 2.22 bits per heavy atom. The van der Waals surface area contributed by atoms with Crippen LogP contribution in [0, 0.1) is 29.6 Å². The Morgan fingerprint density at radius 2 is 1.65 bits per heavy atom. The molecule has 0 saturated carbocycles. The highest BCUT2D eigenvalue weighted by Gasteiger charge is 2.54. The lowest BCUT2D eigenvalue weighted by atomic mass is 9.69. The summed E-state index contributed by atoms with van der Waals surface area (Å²) in [5.74, 6) is 5.38. The van der Waals surface area contributed by atoms with Gasteiger partial charge in [0.2, 0.25) is 0 Å². The van der Waals surface area contributed by atoms with Crippen molar-refractivity contribution in [2.75, 3.05) is 4.90 Å². The SMILES string of the molecule is C=C(C)O/C(C)=C(/C(C)CC)C1C(C)C2C=CC3CCC=CC3C2N1c1c(C(C)C)cccc1C(C)C. The normalized spacial score (nSPS) is 30.3. The molecule has 1 saturated heterocycles. The van der Waals surface area contributed by atoms with Crippen molar-refractivity contribution >= 4 is 5.69 Å². The Bertz CT molecular complexity index is 1050. The second-order valence-electron chi connectivity index (χ2n) is 12.6. The minimum Gasteiger partial charge on any atom is -0.467 e. The lowest BCUT2D eigenvalue weighted by molar-refractivity contribution is 0.288. The third-order valence-electron chi connectivity index (χ3n) is 9.41. The van der Waals surface area contributed by atoms with Crippen molar-refractivity contribution in [3.8, 4) is 0 Å². The summed E-state index contributed by atoms with van der Waals surface area (Å²) in [6, 6.07) is 7.81. The van der Waals surface area contributed by atoms with Crippen molar-refractivity contribution in [2.45, 2.75) is 105 Å². The molecule has 4 rings (SSSR count). The van der Waals surface area contributed by atoms with E-state index in [9.17, 15) is 0 Å². The number of allylic oxidation sites excluding steroid dienone is 4. The van der Waals surface area contributed by atoms with E-state index in [1.165, 1.54) is 35.2 Å². The molecule has 1 fully saturated rings. The minimum atomic E-state index is 0.292. The fourth-order valence-electron chi connectivity index (χ4n) is 7.53. The highest BCUT2D eigenvalue weighted by Crippen LogP contribution is 2.54. The van der Waals surface area contributed by atoms with E-state index in [4.69, 9.17) is 4.74 Å². The van der Waals surface area contributed by atoms with Crippen LogP contribution in [0.25, 0.3) is 0 Å². The maximum Gasteiger partial charge on any atom is 0.102 e. The van der Waals surface area contributed by atoms with Crippen molar-refractivity contribution < 1.29 is 4.74 Å². The summed E-state index contributed by atoms with van der Waals surface area (Å²) in [6.45, 7) is 24.9. The zero-order valence-electron chi connectivity index (χ0n) is 24.9. The van der Waals surface area contributed by atoms with Gasteiger partial charge in [0.05, 0.1) is 11.8 Å². The molecule has 1 aromatic carbocycles.